The molecule has 156 valence electrons. The van der Waals surface area contributed by atoms with Gasteiger partial charge in [0.1, 0.15) is 0 Å². The molecule has 2 N–H and O–H groups in total. The SMILES string of the molecule is COC(=O)C(NC(=O)N(Cc1ccccc1)N1C(=O)c2ccccc2C1=O)C(C)O. The van der Waals surface area contributed by atoms with Crippen molar-refractivity contribution < 1.29 is 29.0 Å². The van der Waals surface area contributed by atoms with Gasteiger partial charge in [0.25, 0.3) is 11.8 Å². The molecule has 0 radical (unpaired) electrons. The van der Waals surface area contributed by atoms with Crippen LogP contribution in [0.15, 0.2) is 54.6 Å². The monoisotopic (exact) mass is 411 g/mol. The molecule has 4 amide bonds. The van der Waals surface area contributed by atoms with Gasteiger partial charge in [-0.2, -0.15) is 5.01 Å². The van der Waals surface area contributed by atoms with Crippen LogP contribution in [0, 0.1) is 0 Å². The summed E-state index contributed by atoms with van der Waals surface area (Å²) in [5.41, 5.74) is 0.998. The first-order chi connectivity index (χ1) is 14.3. The number of methoxy groups -OCH3 is 1. The minimum absolute atomic E-state index is 0.119. The highest BCUT2D eigenvalue weighted by molar-refractivity contribution is 6.21. The number of benzene rings is 2. The number of aliphatic hydroxyl groups is 1. The van der Waals surface area contributed by atoms with Crippen molar-refractivity contribution in [3.63, 3.8) is 0 Å². The molecule has 2 atom stereocenters. The lowest BCUT2D eigenvalue weighted by Gasteiger charge is -2.31. The molecule has 0 aliphatic carbocycles. The van der Waals surface area contributed by atoms with Crippen molar-refractivity contribution in [2.75, 3.05) is 7.11 Å². The Kier molecular flexibility index (Phi) is 6.12. The second-order valence-electron chi connectivity index (χ2n) is 6.70. The molecule has 0 saturated carbocycles. The van der Waals surface area contributed by atoms with Crippen LogP contribution in [0.3, 0.4) is 0 Å². The Morgan fingerprint density at radius 1 is 1.03 bits per heavy atom. The van der Waals surface area contributed by atoms with Crippen molar-refractivity contribution in [3.8, 4) is 0 Å². The van der Waals surface area contributed by atoms with Crippen molar-refractivity contribution in [1.82, 2.24) is 15.3 Å². The highest BCUT2D eigenvalue weighted by Crippen LogP contribution is 2.25. The van der Waals surface area contributed by atoms with Crippen LogP contribution < -0.4 is 5.32 Å². The standard InChI is InChI=1S/C21H21N3O6/c1-13(25)17(20(28)30-2)22-21(29)23(12-14-8-4-3-5-9-14)24-18(26)15-10-6-7-11-16(15)19(24)27/h3-11,13,17,25H,12H2,1-2H3,(H,22,29). The summed E-state index contributed by atoms with van der Waals surface area (Å²) in [6, 6.07) is 12.7. The smallest absolute Gasteiger partial charge is 0.337 e. The predicted molar refractivity (Wildman–Crippen MR) is 105 cm³/mol. The Morgan fingerprint density at radius 3 is 2.07 bits per heavy atom. The number of nitrogens with zero attached hydrogens (tertiary/aromatic N) is 2. The van der Waals surface area contributed by atoms with Crippen LogP contribution in [0.25, 0.3) is 0 Å². The number of imide groups is 1. The normalized spacial score (nSPS) is 14.7. The maximum absolute atomic E-state index is 13.1. The van der Waals surface area contributed by atoms with Gasteiger partial charge in [-0.15, -0.1) is 0 Å². The molecule has 1 aliphatic heterocycles. The Balaban J connectivity index is 1.95. The Hall–Kier alpha value is -3.72. The summed E-state index contributed by atoms with van der Waals surface area (Å²) in [6.07, 6.45) is -1.26. The van der Waals surface area contributed by atoms with Gasteiger partial charge in [0, 0.05) is 0 Å². The van der Waals surface area contributed by atoms with Crippen LogP contribution in [0.5, 0.6) is 0 Å². The Bertz CT molecular complexity index is 941. The van der Waals surface area contributed by atoms with Crippen LogP contribution in [0.2, 0.25) is 0 Å². The van der Waals surface area contributed by atoms with Crippen LogP contribution in [0.1, 0.15) is 33.2 Å². The first-order valence-corrected chi connectivity index (χ1v) is 9.20. The number of carbonyl (C=O) groups is 4. The van der Waals surface area contributed by atoms with Gasteiger partial charge in [-0.25, -0.2) is 14.6 Å². The molecule has 3 rings (SSSR count). The van der Waals surface area contributed by atoms with E-state index in [-0.39, 0.29) is 17.7 Å². The highest BCUT2D eigenvalue weighted by atomic mass is 16.5. The van der Waals surface area contributed by atoms with E-state index in [4.69, 9.17) is 0 Å². The summed E-state index contributed by atoms with van der Waals surface area (Å²) in [4.78, 5) is 50.8. The molecule has 9 heteroatoms. The molecule has 1 heterocycles. The zero-order valence-corrected chi connectivity index (χ0v) is 16.4. The van der Waals surface area contributed by atoms with Gasteiger partial charge in [-0.1, -0.05) is 42.5 Å². The molecular weight excluding hydrogens is 390 g/mol. The number of amides is 4. The maximum atomic E-state index is 13.1. The van der Waals surface area contributed by atoms with E-state index in [1.807, 2.05) is 0 Å². The van der Waals surface area contributed by atoms with Crippen LogP contribution in [-0.4, -0.2) is 58.2 Å². The third-order valence-electron chi connectivity index (χ3n) is 4.64. The topological polar surface area (TPSA) is 116 Å². The number of carbonyl (C=O) groups excluding carboxylic acids is 4. The fraction of sp³-hybridized carbons (Fsp3) is 0.238. The molecule has 2 aromatic carbocycles. The van der Waals surface area contributed by atoms with Crippen LogP contribution in [-0.2, 0) is 16.1 Å². The van der Waals surface area contributed by atoms with E-state index in [9.17, 15) is 24.3 Å². The minimum atomic E-state index is -1.38. The first kappa shape index (κ1) is 21.0. The number of hydrazine groups is 1. The van der Waals surface area contributed by atoms with Crippen molar-refractivity contribution in [1.29, 1.82) is 0 Å². The Morgan fingerprint density at radius 2 is 1.57 bits per heavy atom. The van der Waals surface area contributed by atoms with Crippen molar-refractivity contribution in [2.24, 2.45) is 0 Å². The van der Waals surface area contributed by atoms with Gasteiger partial charge < -0.3 is 15.2 Å². The number of esters is 1. The number of hydrogen-bond donors (Lipinski definition) is 2. The second-order valence-corrected chi connectivity index (χ2v) is 6.70. The molecule has 0 saturated heterocycles. The fourth-order valence-corrected chi connectivity index (χ4v) is 3.10. The van der Waals surface area contributed by atoms with Crippen molar-refractivity contribution in [2.45, 2.75) is 25.6 Å². The summed E-state index contributed by atoms with van der Waals surface area (Å²) in [7, 11) is 1.12. The summed E-state index contributed by atoms with van der Waals surface area (Å²) < 4.78 is 4.61. The molecule has 30 heavy (non-hydrogen) atoms. The van der Waals surface area contributed by atoms with E-state index >= 15 is 0 Å². The third-order valence-corrected chi connectivity index (χ3v) is 4.64. The van der Waals surface area contributed by atoms with Gasteiger partial charge in [0.05, 0.1) is 30.9 Å². The summed E-state index contributed by atoms with van der Waals surface area (Å²) >= 11 is 0. The zero-order chi connectivity index (χ0) is 21.8. The quantitative estimate of drug-likeness (QED) is 0.547. The summed E-state index contributed by atoms with van der Waals surface area (Å²) in [5, 5.41) is 13.9. The molecule has 9 nitrogen and oxygen atoms in total. The molecule has 0 fully saturated rings. The van der Waals surface area contributed by atoms with Gasteiger partial charge >= 0.3 is 12.0 Å². The van der Waals surface area contributed by atoms with E-state index in [2.05, 4.69) is 10.1 Å². The molecule has 2 aromatic rings. The lowest BCUT2D eigenvalue weighted by molar-refractivity contribution is -0.145. The number of aliphatic hydroxyl groups excluding tert-OH is 1. The molecule has 1 aliphatic rings. The number of ether oxygens (including phenoxy) is 1. The number of hydrogen-bond acceptors (Lipinski definition) is 6. The average Bonchev–Trinajstić information content (AvgIpc) is 3.00. The first-order valence-electron chi connectivity index (χ1n) is 9.20. The lowest BCUT2D eigenvalue weighted by atomic mass is 10.1. The number of nitrogens with one attached hydrogen (secondary N) is 1. The predicted octanol–water partition coefficient (Wildman–Crippen LogP) is 1.33. The number of fused-ring (bicyclic) bond motifs is 1. The average molecular weight is 411 g/mol. The van der Waals surface area contributed by atoms with Gasteiger partial charge in [-0.3, -0.25) is 9.59 Å². The Labute approximate surface area is 172 Å². The molecule has 0 aromatic heterocycles. The van der Waals surface area contributed by atoms with E-state index in [0.29, 0.717) is 5.56 Å². The fourth-order valence-electron chi connectivity index (χ4n) is 3.10. The highest BCUT2D eigenvalue weighted by Gasteiger charge is 2.42. The van der Waals surface area contributed by atoms with E-state index in [0.717, 1.165) is 17.1 Å². The summed E-state index contributed by atoms with van der Waals surface area (Å²) in [6.45, 7) is 1.19. The molecule has 0 spiro atoms. The molecular formula is C21H21N3O6. The number of urea groups is 1. The van der Waals surface area contributed by atoms with E-state index in [1.165, 1.54) is 19.1 Å². The van der Waals surface area contributed by atoms with Crippen molar-refractivity contribution in [3.05, 3.63) is 71.3 Å². The largest absolute Gasteiger partial charge is 0.467 e. The second kappa shape index (κ2) is 8.75. The van der Waals surface area contributed by atoms with Gasteiger partial charge in [0.15, 0.2) is 6.04 Å². The van der Waals surface area contributed by atoms with Gasteiger partial charge in [0.2, 0.25) is 0 Å². The lowest BCUT2D eigenvalue weighted by Crippen LogP contribution is -2.58. The van der Waals surface area contributed by atoms with Crippen LogP contribution in [0.4, 0.5) is 4.79 Å². The summed E-state index contributed by atoms with van der Waals surface area (Å²) in [5.74, 6) is -2.18. The minimum Gasteiger partial charge on any atom is -0.467 e. The zero-order valence-electron chi connectivity index (χ0n) is 16.4. The molecule has 0 bridgehead atoms. The van der Waals surface area contributed by atoms with Crippen molar-refractivity contribution >= 4 is 23.8 Å². The third kappa shape index (κ3) is 4.01. The van der Waals surface area contributed by atoms with E-state index < -0.39 is 36.0 Å². The van der Waals surface area contributed by atoms with E-state index in [1.54, 1.807) is 42.5 Å². The number of rotatable bonds is 6. The van der Waals surface area contributed by atoms with Crippen LogP contribution >= 0.6 is 0 Å². The maximum Gasteiger partial charge on any atom is 0.337 e. The molecule has 2 unspecified atom stereocenters. The van der Waals surface area contributed by atoms with Gasteiger partial charge in [-0.05, 0) is 24.6 Å².